The molecule has 0 spiro atoms. The number of ketones is 1. The Bertz CT molecular complexity index is 667. The van der Waals surface area contributed by atoms with Crippen molar-refractivity contribution < 1.29 is 23.7 Å². The van der Waals surface area contributed by atoms with Crippen molar-refractivity contribution in [2.45, 2.75) is 71.3 Å². The molecule has 3 fully saturated rings. The Balaban J connectivity index is 1.61. The van der Waals surface area contributed by atoms with Crippen LogP contribution in [-0.4, -0.2) is 11.9 Å². The van der Waals surface area contributed by atoms with E-state index in [1.165, 1.54) is 5.57 Å². The largest absolute Gasteiger partial charge is 0.790 e. The molecule has 140 valence electrons. The summed E-state index contributed by atoms with van der Waals surface area (Å²) in [5.74, 6) is 1.78. The van der Waals surface area contributed by atoms with Gasteiger partial charge in [0.25, 0.3) is 0 Å². The van der Waals surface area contributed by atoms with Gasteiger partial charge >= 0.3 is 0 Å². The topological polar surface area (TPSA) is 89.5 Å². The smallest absolute Gasteiger partial charge is 0.155 e. The van der Waals surface area contributed by atoms with Gasteiger partial charge in [-0.05, 0) is 79.6 Å². The lowest BCUT2D eigenvalue weighted by Gasteiger charge is -2.58. The first kappa shape index (κ1) is 17.9. The van der Waals surface area contributed by atoms with Crippen LogP contribution < -0.4 is 9.79 Å². The zero-order valence-corrected chi connectivity index (χ0v) is 15.9. The Morgan fingerprint density at radius 3 is 2.56 bits per heavy atom. The van der Waals surface area contributed by atoms with Crippen LogP contribution in [0.4, 0.5) is 0 Å². The zero-order chi connectivity index (χ0) is 18.0. The normalized spacial score (nSPS) is 46.9. The van der Waals surface area contributed by atoms with Crippen LogP contribution in [0.1, 0.15) is 65.2 Å². The molecular weight excluding hydrogens is 339 g/mol. The molecule has 25 heavy (non-hydrogen) atoms. The average molecular weight is 366 g/mol. The predicted molar refractivity (Wildman–Crippen MR) is 89.2 cm³/mol. The number of rotatable bonds is 2. The number of allylic oxidation sites excluding steroid dienone is 1. The van der Waals surface area contributed by atoms with Gasteiger partial charge in [0.2, 0.25) is 0 Å². The fourth-order valence-electron chi connectivity index (χ4n) is 6.84. The maximum atomic E-state index is 11.9. The summed E-state index contributed by atoms with van der Waals surface area (Å²) < 4.78 is 16.2. The highest BCUT2D eigenvalue weighted by atomic mass is 31.2. The first-order valence-corrected chi connectivity index (χ1v) is 11.0. The van der Waals surface area contributed by atoms with Crippen molar-refractivity contribution in [1.29, 1.82) is 0 Å². The molecule has 4 aliphatic rings. The Kier molecular flexibility index (Phi) is 4.12. The van der Waals surface area contributed by atoms with Gasteiger partial charge in [-0.15, -0.1) is 0 Å². The summed E-state index contributed by atoms with van der Waals surface area (Å²) >= 11 is 0. The lowest BCUT2D eigenvalue weighted by Crippen LogP contribution is -2.51. The van der Waals surface area contributed by atoms with Gasteiger partial charge < -0.3 is 18.9 Å². The molecule has 0 aromatic heterocycles. The van der Waals surface area contributed by atoms with Crippen molar-refractivity contribution in [2.24, 2.45) is 28.6 Å². The minimum atomic E-state index is -4.95. The number of carbonyl (C=O) groups excluding carboxylic acids is 1. The molecule has 3 saturated carbocycles. The van der Waals surface area contributed by atoms with Crippen molar-refractivity contribution in [1.82, 2.24) is 0 Å². The molecule has 0 bridgehead atoms. The average Bonchev–Trinajstić information content (AvgIpc) is 2.83. The van der Waals surface area contributed by atoms with Gasteiger partial charge in [0.1, 0.15) is 0 Å². The van der Waals surface area contributed by atoms with Gasteiger partial charge in [-0.1, -0.05) is 19.4 Å². The number of fused-ring (bicyclic) bond motifs is 5. The second-order valence-corrected chi connectivity index (χ2v) is 10.2. The predicted octanol–water partition coefficient (Wildman–Crippen LogP) is 2.73. The summed E-state index contributed by atoms with van der Waals surface area (Å²) in [6.07, 6.45) is 8.61. The number of phosphoric ester groups is 1. The van der Waals surface area contributed by atoms with Gasteiger partial charge in [0.05, 0.1) is 13.9 Å². The molecule has 0 aromatic rings. The molecule has 0 aliphatic heterocycles. The Hall–Kier alpha value is -0.480. The van der Waals surface area contributed by atoms with Crippen molar-refractivity contribution in [3.05, 3.63) is 11.6 Å². The second kappa shape index (κ2) is 5.76. The number of carbonyl (C=O) groups is 1. The summed E-state index contributed by atoms with van der Waals surface area (Å²) in [6.45, 7) is 4.45. The molecule has 6 atom stereocenters. The van der Waals surface area contributed by atoms with Gasteiger partial charge in [-0.3, -0.25) is 4.79 Å². The molecule has 4 aliphatic carbocycles. The monoisotopic (exact) mass is 366 g/mol. The molecule has 0 N–H and O–H groups in total. The number of hydrogen-bond acceptors (Lipinski definition) is 5. The van der Waals surface area contributed by atoms with Gasteiger partial charge in [0.15, 0.2) is 5.78 Å². The lowest BCUT2D eigenvalue weighted by molar-refractivity contribution is -0.347. The minimum absolute atomic E-state index is 0.115. The molecule has 0 heterocycles. The van der Waals surface area contributed by atoms with Crippen LogP contribution in [0.5, 0.6) is 0 Å². The van der Waals surface area contributed by atoms with Gasteiger partial charge in [-0.25, -0.2) is 0 Å². The maximum absolute atomic E-state index is 11.9. The maximum Gasteiger partial charge on any atom is 0.155 e. The third-order valence-corrected chi connectivity index (χ3v) is 8.64. The van der Waals surface area contributed by atoms with Gasteiger partial charge in [-0.2, -0.15) is 0 Å². The van der Waals surface area contributed by atoms with Crippen LogP contribution in [0.15, 0.2) is 11.6 Å². The molecular formula is C19H27O5P-2. The van der Waals surface area contributed by atoms with Crippen molar-refractivity contribution in [2.75, 3.05) is 0 Å². The number of hydrogen-bond donors (Lipinski definition) is 0. The Labute approximate surface area is 149 Å². The molecule has 0 aromatic carbocycles. The molecule has 4 rings (SSSR count). The highest BCUT2D eigenvalue weighted by molar-refractivity contribution is 7.43. The first-order chi connectivity index (χ1) is 11.6. The lowest BCUT2D eigenvalue weighted by atomic mass is 9.47. The summed E-state index contributed by atoms with van der Waals surface area (Å²) in [4.78, 5) is 34.2. The van der Waals surface area contributed by atoms with Crippen LogP contribution in [-0.2, 0) is 13.9 Å². The van der Waals surface area contributed by atoms with E-state index in [1.54, 1.807) is 0 Å². The molecule has 6 heteroatoms. The molecule has 0 amide bonds. The van der Waals surface area contributed by atoms with E-state index in [2.05, 4.69) is 13.8 Å². The number of phosphoric acid groups is 1. The van der Waals surface area contributed by atoms with E-state index in [1.807, 2.05) is 6.08 Å². The summed E-state index contributed by atoms with van der Waals surface area (Å²) in [5.41, 5.74) is 1.24. The van der Waals surface area contributed by atoms with Crippen LogP contribution in [0.25, 0.3) is 0 Å². The highest BCUT2D eigenvalue weighted by Gasteiger charge is 2.59. The van der Waals surface area contributed by atoms with Crippen molar-refractivity contribution >= 4 is 13.6 Å². The highest BCUT2D eigenvalue weighted by Crippen LogP contribution is 2.66. The third kappa shape index (κ3) is 2.79. The zero-order valence-electron chi connectivity index (χ0n) is 15.0. The molecule has 0 radical (unpaired) electrons. The molecule has 4 unspecified atom stereocenters. The van der Waals surface area contributed by atoms with Crippen molar-refractivity contribution in [3.63, 3.8) is 0 Å². The third-order valence-electron chi connectivity index (χ3n) is 8.13. The van der Waals surface area contributed by atoms with E-state index in [9.17, 15) is 19.1 Å². The van der Waals surface area contributed by atoms with E-state index in [-0.39, 0.29) is 16.6 Å². The first-order valence-electron chi connectivity index (χ1n) is 9.58. The van der Waals surface area contributed by atoms with E-state index in [0.717, 1.165) is 38.5 Å². The standard InChI is InChI=1S/C19H29O5P/c1-18-9-7-13(20)11-12(18)3-4-14-15-5-6-17(24-25(21,22)23)19(15,2)10-8-16(14)18/h11,14-17H,3-10H2,1-2H3,(H2,21,22,23)/p-2/t14?,15?,16?,17?,18-,19-/m0/s1. The van der Waals surface area contributed by atoms with Crippen LogP contribution in [0, 0.1) is 28.6 Å². The minimum Gasteiger partial charge on any atom is -0.790 e. The molecule has 0 saturated heterocycles. The van der Waals surface area contributed by atoms with E-state index in [4.69, 9.17) is 4.52 Å². The SMILES string of the molecule is C[C@]12CCC3C(CCC4=CC(=O)CC[C@@]43C)C1CCC2OP(=O)([O-])[O-]. The van der Waals surface area contributed by atoms with E-state index in [0.29, 0.717) is 30.6 Å². The van der Waals surface area contributed by atoms with E-state index < -0.39 is 13.9 Å². The Morgan fingerprint density at radius 1 is 1.08 bits per heavy atom. The fraction of sp³-hybridized carbons (Fsp3) is 0.842. The summed E-state index contributed by atoms with van der Waals surface area (Å²) in [7, 11) is -4.95. The molecule has 5 nitrogen and oxygen atoms in total. The van der Waals surface area contributed by atoms with Crippen LogP contribution in [0.2, 0.25) is 0 Å². The summed E-state index contributed by atoms with van der Waals surface area (Å²) in [6, 6.07) is 0. The quantitative estimate of drug-likeness (QED) is 0.701. The van der Waals surface area contributed by atoms with Gasteiger partial charge in [0, 0.05) is 6.42 Å². The Morgan fingerprint density at radius 2 is 1.84 bits per heavy atom. The summed E-state index contributed by atoms with van der Waals surface area (Å²) in [5, 5.41) is 0. The van der Waals surface area contributed by atoms with Crippen LogP contribution in [0.3, 0.4) is 0 Å². The van der Waals surface area contributed by atoms with Crippen LogP contribution >= 0.6 is 7.82 Å². The van der Waals surface area contributed by atoms with Crippen molar-refractivity contribution in [3.8, 4) is 0 Å². The second-order valence-electron chi connectivity index (χ2n) is 9.13. The van der Waals surface area contributed by atoms with E-state index >= 15 is 0 Å². The fourth-order valence-corrected chi connectivity index (χ4v) is 7.50.